The number of methoxy groups -OCH3 is 1. The molecule has 5 heteroatoms. The first kappa shape index (κ1) is 19.0. The zero-order chi connectivity index (χ0) is 18.4. The molecule has 5 nitrogen and oxygen atoms in total. The summed E-state index contributed by atoms with van der Waals surface area (Å²) in [6, 6.07) is 19.8. The predicted octanol–water partition coefficient (Wildman–Crippen LogP) is 2.91. The highest BCUT2D eigenvalue weighted by molar-refractivity contribution is 5.14. The van der Waals surface area contributed by atoms with Crippen LogP contribution in [0.3, 0.4) is 0 Å². The molecule has 1 heterocycles. The van der Waals surface area contributed by atoms with Gasteiger partial charge in [0.1, 0.15) is 18.3 Å². The summed E-state index contributed by atoms with van der Waals surface area (Å²) in [5.41, 5.74) is 2.10. The van der Waals surface area contributed by atoms with Crippen LogP contribution >= 0.6 is 0 Å². The third-order valence-electron chi connectivity index (χ3n) is 4.55. The van der Waals surface area contributed by atoms with Gasteiger partial charge in [-0.25, -0.2) is 0 Å². The lowest BCUT2D eigenvalue weighted by molar-refractivity contribution is -0.303. The van der Waals surface area contributed by atoms with E-state index in [4.69, 9.17) is 18.9 Å². The fourth-order valence-corrected chi connectivity index (χ4v) is 3.14. The normalized spacial score (nSPS) is 28.8. The fraction of sp³-hybridized carbons (Fsp3) is 0.429. The van der Waals surface area contributed by atoms with Crippen LogP contribution in [0.25, 0.3) is 0 Å². The summed E-state index contributed by atoms with van der Waals surface area (Å²) in [5.74, 6) is 0. The van der Waals surface area contributed by atoms with E-state index < -0.39 is 24.6 Å². The molecule has 0 aliphatic carbocycles. The molecule has 0 aromatic heterocycles. The monoisotopic (exact) mass is 358 g/mol. The minimum absolute atomic E-state index is 0.271. The molecule has 0 saturated carbocycles. The number of ether oxygens (including phenoxy) is 4. The highest BCUT2D eigenvalue weighted by Crippen LogP contribution is 2.27. The molecule has 5 atom stereocenters. The largest absolute Gasteiger partial charge is 0.385 e. The lowest BCUT2D eigenvalue weighted by Crippen LogP contribution is -2.58. The average molecular weight is 358 g/mol. The van der Waals surface area contributed by atoms with Crippen molar-refractivity contribution in [2.45, 2.75) is 50.8 Å². The van der Waals surface area contributed by atoms with E-state index in [0.29, 0.717) is 13.2 Å². The van der Waals surface area contributed by atoms with Gasteiger partial charge in [-0.2, -0.15) is 0 Å². The standard InChI is InChI=1S/C21H26O5/c1-15-19(24-13-16-9-5-3-6-10-16)20(18(22)21(23-2)26-15)25-14-17-11-7-4-8-12-17/h3-12,15,18-22H,13-14H2,1-2H3/t15-,18+,19-,20-,21+/m0/s1. The van der Waals surface area contributed by atoms with Gasteiger partial charge in [0, 0.05) is 7.11 Å². The topological polar surface area (TPSA) is 57.2 Å². The molecule has 1 aliphatic heterocycles. The summed E-state index contributed by atoms with van der Waals surface area (Å²) < 4.78 is 23.1. The molecule has 0 radical (unpaired) electrons. The molecule has 1 saturated heterocycles. The summed E-state index contributed by atoms with van der Waals surface area (Å²) >= 11 is 0. The van der Waals surface area contributed by atoms with E-state index in [1.54, 1.807) is 0 Å². The van der Waals surface area contributed by atoms with Gasteiger partial charge >= 0.3 is 0 Å². The molecule has 1 fully saturated rings. The summed E-state index contributed by atoms with van der Waals surface area (Å²) in [6.07, 6.45) is -2.89. The summed E-state index contributed by atoms with van der Waals surface area (Å²) in [7, 11) is 1.51. The zero-order valence-corrected chi connectivity index (χ0v) is 15.2. The molecule has 1 N–H and O–H groups in total. The third-order valence-corrected chi connectivity index (χ3v) is 4.55. The summed E-state index contributed by atoms with van der Waals surface area (Å²) in [6.45, 7) is 2.72. The minimum atomic E-state index is -0.930. The Hall–Kier alpha value is -1.76. The second-order valence-electron chi connectivity index (χ2n) is 6.46. The Morgan fingerprint density at radius 1 is 0.846 bits per heavy atom. The van der Waals surface area contributed by atoms with E-state index in [2.05, 4.69) is 0 Å². The molecule has 0 bridgehead atoms. The highest BCUT2D eigenvalue weighted by Gasteiger charge is 2.45. The van der Waals surface area contributed by atoms with Crippen molar-refractivity contribution >= 4 is 0 Å². The molecule has 2 aromatic rings. The lowest BCUT2D eigenvalue weighted by Gasteiger charge is -2.42. The van der Waals surface area contributed by atoms with Crippen LogP contribution in [0.1, 0.15) is 18.1 Å². The first-order valence-corrected chi connectivity index (χ1v) is 8.86. The SMILES string of the molecule is CO[C@@H]1O[C@@H](C)[C@H](OCc2ccccc2)[C@@H](OCc2ccccc2)[C@H]1O. The molecule has 3 rings (SSSR count). The molecular weight excluding hydrogens is 332 g/mol. The lowest BCUT2D eigenvalue weighted by atomic mass is 9.99. The predicted molar refractivity (Wildman–Crippen MR) is 97.4 cm³/mol. The Labute approximate surface area is 154 Å². The maximum atomic E-state index is 10.6. The van der Waals surface area contributed by atoms with E-state index in [-0.39, 0.29) is 6.10 Å². The van der Waals surface area contributed by atoms with Gasteiger partial charge in [-0.1, -0.05) is 60.7 Å². The molecular formula is C21H26O5. The van der Waals surface area contributed by atoms with E-state index in [0.717, 1.165) is 11.1 Å². The van der Waals surface area contributed by atoms with Crippen LogP contribution in [0.15, 0.2) is 60.7 Å². The van der Waals surface area contributed by atoms with Crippen molar-refractivity contribution in [3.63, 3.8) is 0 Å². The van der Waals surface area contributed by atoms with Gasteiger partial charge in [0.15, 0.2) is 6.29 Å². The number of hydrogen-bond acceptors (Lipinski definition) is 5. The number of rotatable bonds is 7. The van der Waals surface area contributed by atoms with Gasteiger partial charge in [-0.3, -0.25) is 0 Å². The van der Waals surface area contributed by atoms with Crippen molar-refractivity contribution < 1.29 is 24.1 Å². The highest BCUT2D eigenvalue weighted by atomic mass is 16.7. The number of hydrogen-bond donors (Lipinski definition) is 1. The summed E-state index contributed by atoms with van der Waals surface area (Å²) in [4.78, 5) is 0. The Kier molecular flexibility index (Phi) is 6.77. The van der Waals surface area contributed by atoms with Crippen molar-refractivity contribution in [1.29, 1.82) is 0 Å². The summed E-state index contributed by atoms with van der Waals surface area (Å²) in [5, 5.41) is 10.6. The molecule has 0 unspecified atom stereocenters. The Bertz CT molecular complexity index is 648. The van der Waals surface area contributed by atoms with E-state index >= 15 is 0 Å². The minimum Gasteiger partial charge on any atom is -0.385 e. The van der Waals surface area contributed by atoms with Crippen LogP contribution in [0.4, 0.5) is 0 Å². The van der Waals surface area contributed by atoms with Crippen LogP contribution in [-0.4, -0.2) is 42.9 Å². The first-order chi connectivity index (χ1) is 12.7. The number of aliphatic hydroxyl groups excluding tert-OH is 1. The van der Waals surface area contributed by atoms with Crippen LogP contribution in [-0.2, 0) is 32.2 Å². The Morgan fingerprint density at radius 3 is 1.85 bits per heavy atom. The molecule has 2 aromatic carbocycles. The molecule has 0 amide bonds. The Balaban J connectivity index is 1.69. The van der Waals surface area contributed by atoms with Gasteiger partial charge in [0.2, 0.25) is 0 Å². The van der Waals surface area contributed by atoms with Gasteiger partial charge < -0.3 is 24.1 Å². The molecule has 140 valence electrons. The van der Waals surface area contributed by atoms with Gasteiger partial charge in [0.25, 0.3) is 0 Å². The second-order valence-corrected chi connectivity index (χ2v) is 6.46. The van der Waals surface area contributed by atoms with Gasteiger partial charge in [0.05, 0.1) is 19.3 Å². The average Bonchev–Trinajstić information content (AvgIpc) is 2.69. The van der Waals surface area contributed by atoms with Crippen LogP contribution < -0.4 is 0 Å². The smallest absolute Gasteiger partial charge is 0.186 e. The maximum absolute atomic E-state index is 10.6. The zero-order valence-electron chi connectivity index (χ0n) is 15.2. The fourth-order valence-electron chi connectivity index (χ4n) is 3.14. The van der Waals surface area contributed by atoms with E-state index in [1.807, 2.05) is 67.6 Å². The van der Waals surface area contributed by atoms with Crippen molar-refractivity contribution in [2.24, 2.45) is 0 Å². The Morgan fingerprint density at radius 2 is 1.35 bits per heavy atom. The van der Waals surface area contributed by atoms with Crippen LogP contribution in [0.2, 0.25) is 0 Å². The number of aliphatic hydroxyl groups is 1. The van der Waals surface area contributed by atoms with Crippen molar-refractivity contribution in [1.82, 2.24) is 0 Å². The first-order valence-electron chi connectivity index (χ1n) is 8.86. The number of benzene rings is 2. The van der Waals surface area contributed by atoms with Crippen molar-refractivity contribution in [3.8, 4) is 0 Å². The molecule has 1 aliphatic rings. The van der Waals surface area contributed by atoms with Crippen molar-refractivity contribution in [2.75, 3.05) is 7.11 Å². The van der Waals surface area contributed by atoms with E-state index in [1.165, 1.54) is 7.11 Å². The van der Waals surface area contributed by atoms with Crippen molar-refractivity contribution in [3.05, 3.63) is 71.8 Å². The van der Waals surface area contributed by atoms with Crippen LogP contribution in [0, 0.1) is 0 Å². The van der Waals surface area contributed by atoms with Crippen LogP contribution in [0.5, 0.6) is 0 Å². The molecule has 0 spiro atoms. The second kappa shape index (κ2) is 9.26. The third kappa shape index (κ3) is 4.69. The quantitative estimate of drug-likeness (QED) is 0.825. The van der Waals surface area contributed by atoms with E-state index in [9.17, 15) is 5.11 Å². The molecule has 26 heavy (non-hydrogen) atoms. The maximum Gasteiger partial charge on any atom is 0.186 e. The van der Waals surface area contributed by atoms with Gasteiger partial charge in [-0.15, -0.1) is 0 Å². The van der Waals surface area contributed by atoms with Gasteiger partial charge in [-0.05, 0) is 18.1 Å².